The smallest absolute Gasteiger partial charge is 0.255 e. The van der Waals surface area contributed by atoms with E-state index in [0.29, 0.717) is 27.7 Å². The second kappa shape index (κ2) is 6.95. The Bertz CT molecular complexity index is 716. The van der Waals surface area contributed by atoms with Crippen LogP contribution in [-0.2, 0) is 4.79 Å². The lowest BCUT2D eigenvalue weighted by atomic mass is 10.1. The second-order valence-corrected chi connectivity index (χ2v) is 4.94. The highest BCUT2D eigenvalue weighted by Gasteiger charge is 2.12. The van der Waals surface area contributed by atoms with Crippen molar-refractivity contribution in [3.8, 4) is 5.75 Å². The lowest BCUT2D eigenvalue weighted by Crippen LogP contribution is -2.14. The Morgan fingerprint density at radius 2 is 1.77 bits per heavy atom. The van der Waals surface area contributed by atoms with Gasteiger partial charge in [-0.2, -0.15) is 0 Å². The van der Waals surface area contributed by atoms with Crippen LogP contribution in [0.15, 0.2) is 42.5 Å². The zero-order valence-corrected chi connectivity index (χ0v) is 12.9. The van der Waals surface area contributed by atoms with Crippen LogP contribution in [0.2, 0.25) is 5.02 Å². The number of carbonyl (C=O) groups excluding carboxylic acids is 2. The molecular formula is C16H15ClN2O3. The normalized spacial score (nSPS) is 9.95. The quantitative estimate of drug-likeness (QED) is 0.905. The van der Waals surface area contributed by atoms with Gasteiger partial charge in [0.1, 0.15) is 5.75 Å². The first-order valence-electron chi connectivity index (χ1n) is 6.52. The summed E-state index contributed by atoms with van der Waals surface area (Å²) < 4.78 is 5.15. The van der Waals surface area contributed by atoms with Gasteiger partial charge in [-0.15, -0.1) is 0 Å². The van der Waals surface area contributed by atoms with Crippen molar-refractivity contribution < 1.29 is 14.3 Å². The predicted octanol–water partition coefficient (Wildman–Crippen LogP) is 3.56. The molecule has 0 aliphatic heterocycles. The number of para-hydroxylation sites is 1. The molecule has 2 aromatic rings. The van der Waals surface area contributed by atoms with Gasteiger partial charge in [0.15, 0.2) is 0 Å². The third-order valence-corrected chi connectivity index (χ3v) is 3.22. The van der Waals surface area contributed by atoms with Crippen LogP contribution in [0, 0.1) is 0 Å². The van der Waals surface area contributed by atoms with Crippen molar-refractivity contribution in [3.05, 3.63) is 53.1 Å². The molecule has 2 rings (SSSR count). The SMILES string of the molecule is COc1ccc(C(=O)Nc2ccccc2Cl)cc1NC(C)=O. The summed E-state index contributed by atoms with van der Waals surface area (Å²) in [5.74, 6) is -0.103. The van der Waals surface area contributed by atoms with Gasteiger partial charge in [-0.05, 0) is 30.3 Å². The molecule has 0 bridgehead atoms. The molecule has 0 aliphatic rings. The highest BCUT2D eigenvalue weighted by atomic mass is 35.5. The van der Waals surface area contributed by atoms with Crippen molar-refractivity contribution >= 4 is 34.8 Å². The molecule has 5 nitrogen and oxygen atoms in total. The summed E-state index contributed by atoms with van der Waals surface area (Å²) in [5, 5.41) is 5.80. The van der Waals surface area contributed by atoms with Crippen LogP contribution in [0.3, 0.4) is 0 Å². The van der Waals surface area contributed by atoms with Crippen molar-refractivity contribution in [2.75, 3.05) is 17.7 Å². The topological polar surface area (TPSA) is 67.4 Å². The number of amides is 2. The summed E-state index contributed by atoms with van der Waals surface area (Å²) >= 11 is 6.01. The van der Waals surface area contributed by atoms with Crippen molar-refractivity contribution in [2.45, 2.75) is 6.92 Å². The summed E-state index contributed by atoms with van der Waals surface area (Å²) in [6.07, 6.45) is 0. The van der Waals surface area contributed by atoms with E-state index in [0.717, 1.165) is 0 Å². The zero-order valence-electron chi connectivity index (χ0n) is 12.1. The molecule has 2 N–H and O–H groups in total. The standard InChI is InChI=1S/C16H15ClN2O3/c1-10(20)18-14-9-11(7-8-15(14)22-2)16(21)19-13-6-4-3-5-12(13)17/h3-9H,1-2H3,(H,18,20)(H,19,21). The molecule has 0 spiro atoms. The summed E-state index contributed by atoms with van der Waals surface area (Å²) in [4.78, 5) is 23.5. The lowest BCUT2D eigenvalue weighted by molar-refractivity contribution is -0.114. The molecule has 22 heavy (non-hydrogen) atoms. The maximum absolute atomic E-state index is 12.3. The Kier molecular flexibility index (Phi) is 5.01. The van der Waals surface area contributed by atoms with Gasteiger partial charge in [0, 0.05) is 12.5 Å². The van der Waals surface area contributed by atoms with Crippen molar-refractivity contribution in [3.63, 3.8) is 0 Å². The lowest BCUT2D eigenvalue weighted by Gasteiger charge is -2.11. The number of nitrogens with one attached hydrogen (secondary N) is 2. The van der Waals surface area contributed by atoms with Gasteiger partial charge in [0.2, 0.25) is 5.91 Å². The summed E-state index contributed by atoms with van der Waals surface area (Å²) in [6.45, 7) is 1.38. The average Bonchev–Trinajstić information content (AvgIpc) is 2.49. The molecule has 0 unspecified atom stereocenters. The molecule has 0 atom stereocenters. The molecule has 0 aliphatic carbocycles. The molecule has 0 saturated heterocycles. The largest absolute Gasteiger partial charge is 0.495 e. The molecule has 0 aromatic heterocycles. The Labute approximate surface area is 133 Å². The number of halogens is 1. The number of hydrogen-bond donors (Lipinski definition) is 2. The van der Waals surface area contributed by atoms with E-state index in [1.807, 2.05) is 0 Å². The van der Waals surface area contributed by atoms with Gasteiger partial charge in [-0.1, -0.05) is 23.7 Å². The third-order valence-electron chi connectivity index (χ3n) is 2.89. The molecule has 0 saturated carbocycles. The molecule has 2 aromatic carbocycles. The predicted molar refractivity (Wildman–Crippen MR) is 86.7 cm³/mol. The minimum atomic E-state index is -0.331. The second-order valence-electron chi connectivity index (χ2n) is 4.53. The zero-order chi connectivity index (χ0) is 16.1. The molecule has 0 radical (unpaired) electrons. The minimum Gasteiger partial charge on any atom is -0.495 e. The van der Waals surface area contributed by atoms with Crippen molar-refractivity contribution in [1.29, 1.82) is 0 Å². The van der Waals surface area contributed by atoms with Crippen LogP contribution in [0.1, 0.15) is 17.3 Å². The van der Waals surface area contributed by atoms with E-state index in [1.165, 1.54) is 14.0 Å². The Morgan fingerprint density at radius 3 is 2.41 bits per heavy atom. The van der Waals surface area contributed by atoms with E-state index in [2.05, 4.69) is 10.6 Å². The van der Waals surface area contributed by atoms with Gasteiger partial charge in [-0.25, -0.2) is 0 Å². The Balaban J connectivity index is 2.26. The Hall–Kier alpha value is -2.53. The van der Waals surface area contributed by atoms with E-state index in [-0.39, 0.29) is 11.8 Å². The fourth-order valence-electron chi connectivity index (χ4n) is 1.89. The van der Waals surface area contributed by atoms with Crippen LogP contribution in [-0.4, -0.2) is 18.9 Å². The number of benzene rings is 2. The van der Waals surface area contributed by atoms with E-state index < -0.39 is 0 Å². The van der Waals surface area contributed by atoms with Gasteiger partial charge < -0.3 is 15.4 Å². The first-order chi connectivity index (χ1) is 10.5. The van der Waals surface area contributed by atoms with E-state index >= 15 is 0 Å². The van der Waals surface area contributed by atoms with Gasteiger partial charge in [0.25, 0.3) is 5.91 Å². The van der Waals surface area contributed by atoms with E-state index in [4.69, 9.17) is 16.3 Å². The number of rotatable bonds is 4. The molecule has 114 valence electrons. The van der Waals surface area contributed by atoms with Gasteiger partial charge in [-0.3, -0.25) is 9.59 Å². The molecule has 0 fully saturated rings. The first kappa shape index (κ1) is 15.9. The number of ether oxygens (including phenoxy) is 1. The monoisotopic (exact) mass is 318 g/mol. The summed E-state index contributed by atoms with van der Waals surface area (Å²) in [6, 6.07) is 11.7. The number of hydrogen-bond acceptors (Lipinski definition) is 3. The van der Waals surface area contributed by atoms with E-state index in [1.54, 1.807) is 42.5 Å². The number of carbonyl (C=O) groups is 2. The van der Waals surface area contributed by atoms with Crippen LogP contribution < -0.4 is 15.4 Å². The summed E-state index contributed by atoms with van der Waals surface area (Å²) in [7, 11) is 1.49. The first-order valence-corrected chi connectivity index (χ1v) is 6.90. The van der Waals surface area contributed by atoms with Crippen LogP contribution in [0.5, 0.6) is 5.75 Å². The highest BCUT2D eigenvalue weighted by Crippen LogP contribution is 2.27. The fraction of sp³-hybridized carbons (Fsp3) is 0.125. The van der Waals surface area contributed by atoms with Crippen molar-refractivity contribution in [1.82, 2.24) is 0 Å². The third kappa shape index (κ3) is 3.77. The molecule has 6 heteroatoms. The average molecular weight is 319 g/mol. The van der Waals surface area contributed by atoms with Gasteiger partial charge >= 0.3 is 0 Å². The highest BCUT2D eigenvalue weighted by molar-refractivity contribution is 6.33. The van der Waals surface area contributed by atoms with Crippen molar-refractivity contribution in [2.24, 2.45) is 0 Å². The fourth-order valence-corrected chi connectivity index (χ4v) is 2.08. The molecule has 2 amide bonds. The molecule has 0 heterocycles. The minimum absolute atomic E-state index is 0.248. The van der Waals surface area contributed by atoms with Crippen LogP contribution in [0.4, 0.5) is 11.4 Å². The van der Waals surface area contributed by atoms with E-state index in [9.17, 15) is 9.59 Å². The maximum atomic E-state index is 12.3. The number of anilines is 2. The van der Waals surface area contributed by atoms with Gasteiger partial charge in [0.05, 0.1) is 23.5 Å². The summed E-state index contributed by atoms with van der Waals surface area (Å²) in [5.41, 5.74) is 1.33. The number of methoxy groups -OCH3 is 1. The maximum Gasteiger partial charge on any atom is 0.255 e. The van der Waals surface area contributed by atoms with Crippen LogP contribution >= 0.6 is 11.6 Å². The molecular weight excluding hydrogens is 304 g/mol. The Morgan fingerprint density at radius 1 is 1.05 bits per heavy atom. The van der Waals surface area contributed by atoms with Crippen LogP contribution in [0.25, 0.3) is 0 Å².